The number of nitrogen functional groups attached to an aromatic ring is 1. The smallest absolute Gasteiger partial charge is 0.179 e. The zero-order valence-electron chi connectivity index (χ0n) is 15.1. The van der Waals surface area contributed by atoms with Crippen molar-refractivity contribution in [2.75, 3.05) is 32.6 Å². The van der Waals surface area contributed by atoms with Crippen molar-refractivity contribution in [2.24, 2.45) is 5.92 Å². The Labute approximate surface area is 149 Å². The van der Waals surface area contributed by atoms with Crippen LogP contribution in [0.5, 0.6) is 0 Å². The molecule has 2 aromatic heterocycles. The lowest BCUT2D eigenvalue weighted by Gasteiger charge is -2.31. The molecule has 2 N–H and O–H groups in total. The number of sulfone groups is 1. The summed E-state index contributed by atoms with van der Waals surface area (Å²) in [6, 6.07) is 3.64. The van der Waals surface area contributed by atoms with Crippen LogP contribution in [0.3, 0.4) is 0 Å². The summed E-state index contributed by atoms with van der Waals surface area (Å²) in [4.78, 5) is 11.1. The van der Waals surface area contributed by atoms with Gasteiger partial charge < -0.3 is 10.6 Å². The third-order valence-corrected chi connectivity index (χ3v) is 6.18. The molecule has 7 heteroatoms. The van der Waals surface area contributed by atoms with Gasteiger partial charge in [-0.25, -0.2) is 13.4 Å². The Kier molecular flexibility index (Phi) is 4.97. The van der Waals surface area contributed by atoms with E-state index in [4.69, 9.17) is 5.73 Å². The molecule has 0 aliphatic heterocycles. The van der Waals surface area contributed by atoms with E-state index in [9.17, 15) is 8.42 Å². The van der Waals surface area contributed by atoms with E-state index in [1.54, 1.807) is 12.3 Å². The lowest BCUT2D eigenvalue weighted by Crippen LogP contribution is -2.26. The lowest BCUT2D eigenvalue weighted by atomic mass is 9.78. The molecule has 25 heavy (non-hydrogen) atoms. The van der Waals surface area contributed by atoms with Gasteiger partial charge in [-0.05, 0) is 63.7 Å². The first-order valence-electron chi connectivity index (χ1n) is 8.66. The van der Waals surface area contributed by atoms with E-state index in [1.807, 2.05) is 6.07 Å². The number of nitrogens with two attached hydrogens (primary N) is 1. The van der Waals surface area contributed by atoms with E-state index >= 15 is 0 Å². The number of fused-ring (bicyclic) bond motifs is 1. The highest BCUT2D eigenvalue weighted by Gasteiger charge is 2.31. The Hall–Kier alpha value is -1.73. The van der Waals surface area contributed by atoms with Crippen molar-refractivity contribution in [3.8, 4) is 0 Å². The molecule has 1 aliphatic rings. The summed E-state index contributed by atoms with van der Waals surface area (Å²) in [6.07, 6.45) is 6.97. The molecule has 1 saturated carbocycles. The van der Waals surface area contributed by atoms with Crippen molar-refractivity contribution in [3.63, 3.8) is 0 Å². The lowest BCUT2D eigenvalue weighted by molar-refractivity contribution is 0.249. The molecule has 2 heterocycles. The van der Waals surface area contributed by atoms with Gasteiger partial charge in [-0.3, -0.25) is 4.98 Å². The van der Waals surface area contributed by atoms with Gasteiger partial charge in [-0.2, -0.15) is 0 Å². The Bertz CT molecular complexity index is 872. The Morgan fingerprint density at radius 3 is 2.52 bits per heavy atom. The number of anilines is 1. The van der Waals surface area contributed by atoms with Crippen LogP contribution >= 0.6 is 0 Å². The van der Waals surface area contributed by atoms with Crippen LogP contribution in [-0.2, 0) is 9.84 Å². The molecule has 0 saturated heterocycles. The Balaban J connectivity index is 2.06. The molecule has 1 aliphatic carbocycles. The minimum Gasteiger partial charge on any atom is -0.383 e. The van der Waals surface area contributed by atoms with Crippen molar-refractivity contribution in [1.82, 2.24) is 14.9 Å². The van der Waals surface area contributed by atoms with Gasteiger partial charge >= 0.3 is 0 Å². The molecule has 0 bridgehead atoms. The summed E-state index contributed by atoms with van der Waals surface area (Å²) in [5.41, 5.74) is 8.16. The number of rotatable bonds is 4. The molecule has 0 unspecified atom stereocenters. The molecular weight excluding hydrogens is 336 g/mol. The number of aromatic nitrogens is 2. The maximum Gasteiger partial charge on any atom is 0.179 e. The van der Waals surface area contributed by atoms with Gasteiger partial charge in [0.15, 0.2) is 9.84 Å². The first-order chi connectivity index (χ1) is 11.8. The number of pyridine rings is 2. The fourth-order valence-corrected chi connectivity index (χ4v) is 5.13. The van der Waals surface area contributed by atoms with Crippen LogP contribution in [0.1, 0.15) is 37.2 Å². The monoisotopic (exact) mass is 362 g/mol. The first-order valence-corrected chi connectivity index (χ1v) is 10.6. The summed E-state index contributed by atoms with van der Waals surface area (Å²) in [5.74, 6) is 0.908. The molecule has 0 amide bonds. The van der Waals surface area contributed by atoms with Crippen LogP contribution in [0.2, 0.25) is 0 Å². The molecular formula is C18H26N4O2S. The molecule has 136 valence electrons. The fourth-order valence-electron chi connectivity index (χ4n) is 4.04. The van der Waals surface area contributed by atoms with Crippen molar-refractivity contribution in [1.29, 1.82) is 0 Å². The summed E-state index contributed by atoms with van der Waals surface area (Å²) >= 11 is 0. The number of hydrogen-bond donors (Lipinski definition) is 1. The summed E-state index contributed by atoms with van der Waals surface area (Å²) < 4.78 is 24.8. The predicted molar refractivity (Wildman–Crippen MR) is 100 cm³/mol. The van der Waals surface area contributed by atoms with Gasteiger partial charge in [0.05, 0.1) is 11.0 Å². The van der Waals surface area contributed by atoms with Gasteiger partial charge in [0.25, 0.3) is 0 Å². The van der Waals surface area contributed by atoms with Crippen molar-refractivity contribution in [3.05, 3.63) is 23.9 Å². The third-order valence-electron chi connectivity index (χ3n) is 5.01. The Morgan fingerprint density at radius 2 is 1.92 bits per heavy atom. The highest BCUT2D eigenvalue weighted by Crippen LogP contribution is 2.42. The minimum atomic E-state index is -3.47. The van der Waals surface area contributed by atoms with E-state index in [1.165, 1.54) is 6.26 Å². The summed E-state index contributed by atoms with van der Waals surface area (Å²) in [5, 5.41) is 0. The van der Waals surface area contributed by atoms with Crippen molar-refractivity contribution >= 4 is 26.7 Å². The second-order valence-corrected chi connectivity index (χ2v) is 9.32. The van der Waals surface area contributed by atoms with Crippen LogP contribution in [-0.4, -0.2) is 50.2 Å². The largest absolute Gasteiger partial charge is 0.383 e. The van der Waals surface area contributed by atoms with Gasteiger partial charge in [0.1, 0.15) is 10.7 Å². The zero-order chi connectivity index (χ0) is 18.2. The molecule has 2 aromatic rings. The van der Waals surface area contributed by atoms with Crippen molar-refractivity contribution < 1.29 is 8.42 Å². The van der Waals surface area contributed by atoms with E-state index in [2.05, 4.69) is 29.0 Å². The third kappa shape index (κ3) is 3.77. The van der Waals surface area contributed by atoms with Gasteiger partial charge in [0.2, 0.25) is 0 Å². The second kappa shape index (κ2) is 6.88. The standard InChI is InChI=1S/C18H26N4O2S/c1-22(2)11-12-6-8-13(9-7-12)15-16-14(5-4-10-20-16)21-18(19)17(15)25(3,23)24/h4-5,10,12-13H,6-9,11H2,1-3H3,(H2,19,21). The van der Waals surface area contributed by atoms with Crippen LogP contribution in [0.25, 0.3) is 11.0 Å². The molecule has 0 aromatic carbocycles. The average Bonchev–Trinajstić information content (AvgIpc) is 2.52. The quantitative estimate of drug-likeness (QED) is 0.899. The van der Waals surface area contributed by atoms with Crippen molar-refractivity contribution in [2.45, 2.75) is 36.5 Å². The Morgan fingerprint density at radius 1 is 1.24 bits per heavy atom. The normalized spacial score (nSPS) is 21.8. The van der Waals surface area contributed by atoms with Crippen LogP contribution in [0, 0.1) is 5.92 Å². The van der Waals surface area contributed by atoms with Gasteiger partial charge in [0, 0.05) is 24.6 Å². The number of hydrogen-bond acceptors (Lipinski definition) is 6. The second-order valence-electron chi connectivity index (χ2n) is 7.36. The molecule has 0 spiro atoms. The molecule has 0 radical (unpaired) electrons. The summed E-state index contributed by atoms with van der Waals surface area (Å²) in [6.45, 7) is 1.07. The van der Waals surface area contributed by atoms with Gasteiger partial charge in [-0.15, -0.1) is 0 Å². The summed E-state index contributed by atoms with van der Waals surface area (Å²) in [7, 11) is 0.711. The first kappa shape index (κ1) is 18.1. The average molecular weight is 362 g/mol. The highest BCUT2D eigenvalue weighted by atomic mass is 32.2. The molecule has 3 rings (SSSR count). The van der Waals surface area contributed by atoms with E-state index in [-0.39, 0.29) is 16.6 Å². The highest BCUT2D eigenvalue weighted by molar-refractivity contribution is 7.91. The minimum absolute atomic E-state index is 0.0911. The molecule has 6 nitrogen and oxygen atoms in total. The zero-order valence-corrected chi connectivity index (χ0v) is 15.9. The van der Waals surface area contributed by atoms with Crippen LogP contribution in [0.4, 0.5) is 5.82 Å². The molecule has 0 atom stereocenters. The van der Waals surface area contributed by atoms with E-state index < -0.39 is 9.84 Å². The number of nitrogens with zero attached hydrogens (tertiary/aromatic N) is 3. The predicted octanol–water partition coefficient (Wildman–Crippen LogP) is 2.45. The molecule has 1 fully saturated rings. The van der Waals surface area contributed by atoms with Crippen LogP contribution in [0.15, 0.2) is 23.2 Å². The van der Waals surface area contributed by atoms with Gasteiger partial charge in [-0.1, -0.05) is 0 Å². The maximum absolute atomic E-state index is 12.4. The SMILES string of the molecule is CN(C)CC1CCC(c2c(S(C)(=O)=O)c(N)nc3cccnc23)CC1. The van der Waals surface area contributed by atoms with Crippen LogP contribution < -0.4 is 5.73 Å². The van der Waals surface area contributed by atoms with E-state index in [0.717, 1.165) is 37.8 Å². The topological polar surface area (TPSA) is 89.2 Å². The maximum atomic E-state index is 12.4. The fraction of sp³-hybridized carbons (Fsp3) is 0.556. The van der Waals surface area contributed by atoms with E-state index in [0.29, 0.717) is 17.0 Å².